The van der Waals surface area contributed by atoms with Crippen LogP contribution in [-0.4, -0.2) is 80.5 Å². The summed E-state index contributed by atoms with van der Waals surface area (Å²) >= 11 is 0. The molecule has 10 heteroatoms. The molecule has 0 radical (unpaired) electrons. The smallest absolute Gasteiger partial charge is 0.331 e. The van der Waals surface area contributed by atoms with Gasteiger partial charge < -0.3 is 39.0 Å². The summed E-state index contributed by atoms with van der Waals surface area (Å²) in [6, 6.07) is 18.6. The molecule has 2 aromatic rings. The highest BCUT2D eigenvalue weighted by Crippen LogP contribution is 2.73. The molecular formula is C37H36O10. The van der Waals surface area contributed by atoms with Crippen LogP contribution in [0.5, 0.6) is 0 Å². The van der Waals surface area contributed by atoms with Gasteiger partial charge in [0.05, 0.1) is 12.2 Å². The number of benzene rings is 2. The van der Waals surface area contributed by atoms with Crippen molar-refractivity contribution in [2.24, 2.45) is 11.8 Å². The fraction of sp³-hybridized carbons (Fsp3) is 0.405. The van der Waals surface area contributed by atoms with E-state index in [4.69, 9.17) is 23.7 Å². The summed E-state index contributed by atoms with van der Waals surface area (Å²) < 4.78 is 33.0. The third kappa shape index (κ3) is 3.86. The normalized spacial score (nSPS) is 44.1. The lowest BCUT2D eigenvalue weighted by atomic mass is 9.57. The van der Waals surface area contributed by atoms with Crippen molar-refractivity contribution in [3.8, 4) is 0 Å². The molecule has 3 heterocycles. The highest BCUT2D eigenvalue weighted by atomic mass is 16.9. The predicted molar refractivity (Wildman–Crippen MR) is 166 cm³/mol. The quantitative estimate of drug-likeness (QED) is 0.136. The Morgan fingerprint density at radius 2 is 1.74 bits per heavy atom. The van der Waals surface area contributed by atoms with Crippen LogP contribution in [0.4, 0.5) is 0 Å². The first-order chi connectivity index (χ1) is 22.5. The average Bonchev–Trinajstić information content (AvgIpc) is 3.69. The largest absolute Gasteiger partial charge is 0.456 e. The maximum absolute atomic E-state index is 13.8. The molecule has 11 atom stereocenters. The van der Waals surface area contributed by atoms with E-state index in [0.717, 1.165) is 5.56 Å². The molecule has 10 nitrogen and oxygen atoms in total. The van der Waals surface area contributed by atoms with Gasteiger partial charge in [-0.15, -0.1) is 0 Å². The molecule has 0 aromatic heterocycles. The van der Waals surface area contributed by atoms with Crippen molar-refractivity contribution in [2.45, 2.75) is 73.1 Å². The Morgan fingerprint density at radius 3 is 2.43 bits per heavy atom. The van der Waals surface area contributed by atoms with Crippen LogP contribution in [0.2, 0.25) is 0 Å². The molecule has 2 saturated carbocycles. The molecule has 3 saturated heterocycles. The van der Waals surface area contributed by atoms with Crippen LogP contribution in [0.15, 0.2) is 103 Å². The average molecular weight is 641 g/mol. The van der Waals surface area contributed by atoms with E-state index >= 15 is 0 Å². The van der Waals surface area contributed by atoms with E-state index in [1.807, 2.05) is 42.5 Å². The minimum absolute atomic E-state index is 0.0590. The highest BCUT2D eigenvalue weighted by Gasteiger charge is 2.89. The third-order valence-electron chi connectivity index (χ3n) is 11.1. The van der Waals surface area contributed by atoms with Gasteiger partial charge in [0.15, 0.2) is 17.0 Å². The van der Waals surface area contributed by atoms with Gasteiger partial charge in [0.25, 0.3) is 0 Å². The van der Waals surface area contributed by atoms with Crippen molar-refractivity contribution in [3.05, 3.63) is 114 Å². The number of allylic oxidation sites excluding steroid dienone is 2. The van der Waals surface area contributed by atoms with E-state index < -0.39 is 83.0 Å². The Hall–Kier alpha value is -3.74. The van der Waals surface area contributed by atoms with Crippen molar-refractivity contribution < 1.29 is 48.6 Å². The third-order valence-corrected chi connectivity index (χ3v) is 11.1. The SMILES string of the molecule is C=C(C)[C@]12O[C@]3(c4ccccc4)OC1C1C4O[C@]4(CO)[C@@H](O)[C@]4(O)C(=O)C(C)=C[C@H]4C1(C[C@H]2OC(=O)/C=C/C=C/c1ccccc1)O3. The van der Waals surface area contributed by atoms with Crippen molar-refractivity contribution in [2.75, 3.05) is 6.61 Å². The molecule has 3 aliphatic carbocycles. The second kappa shape index (κ2) is 10.1. The molecule has 3 N–H and O–H groups in total. The summed E-state index contributed by atoms with van der Waals surface area (Å²) in [6.45, 7) is 6.93. The van der Waals surface area contributed by atoms with Crippen molar-refractivity contribution in [1.82, 2.24) is 0 Å². The van der Waals surface area contributed by atoms with Gasteiger partial charge >= 0.3 is 11.9 Å². The number of epoxide rings is 1. The number of aliphatic hydroxyl groups excluding tert-OH is 2. The van der Waals surface area contributed by atoms with E-state index in [1.165, 1.54) is 6.08 Å². The van der Waals surface area contributed by atoms with Crippen LogP contribution in [0, 0.1) is 11.8 Å². The van der Waals surface area contributed by atoms with E-state index in [2.05, 4.69) is 6.58 Å². The molecule has 4 unspecified atom stereocenters. The molecule has 5 fully saturated rings. The molecule has 6 aliphatic rings. The van der Waals surface area contributed by atoms with Crippen molar-refractivity contribution in [1.29, 1.82) is 0 Å². The van der Waals surface area contributed by atoms with Gasteiger partial charge in [0, 0.05) is 29.9 Å². The van der Waals surface area contributed by atoms with Crippen molar-refractivity contribution >= 4 is 17.8 Å². The standard InChI is InChI=1S/C37H36O10/c1-21(2)36-26(43-27(39)17-11-10-14-23-12-6-4-7-13-23)19-33-25-18-22(3)29(40)35(25,42)32(41)34(20-38)30(44-34)28(33)31(36)45-37(46-33,47-36)24-15-8-5-9-16-24/h4-18,25-26,28,30-32,38,41-42H,1,19-20H2,2-3H3/b14-10+,17-11+/t25-,26+,28?,30?,31?,32+,33?,34-,35+,36+,37+/m0/s1. The van der Waals surface area contributed by atoms with Crippen molar-refractivity contribution in [3.63, 3.8) is 0 Å². The number of hydrogen-bond donors (Lipinski definition) is 3. The maximum Gasteiger partial charge on any atom is 0.331 e. The summed E-state index contributed by atoms with van der Waals surface area (Å²) in [5.74, 6) is -5.12. The second-order valence-electron chi connectivity index (χ2n) is 13.5. The van der Waals surface area contributed by atoms with E-state index in [1.54, 1.807) is 56.3 Å². The van der Waals surface area contributed by atoms with Crippen LogP contribution in [0.3, 0.4) is 0 Å². The molecule has 8 rings (SSSR count). The predicted octanol–water partition coefficient (Wildman–Crippen LogP) is 2.88. The van der Waals surface area contributed by atoms with Crippen LogP contribution in [0.1, 0.15) is 31.4 Å². The zero-order valence-electron chi connectivity index (χ0n) is 25.9. The number of Topliss-reactive ketones (excluding diaryl/α,β-unsaturated/α-hetero) is 1. The topological polar surface area (TPSA) is 144 Å². The van der Waals surface area contributed by atoms with Crippen LogP contribution < -0.4 is 0 Å². The molecule has 3 bridgehead atoms. The fourth-order valence-corrected chi connectivity index (χ4v) is 8.91. The number of ketones is 1. The van der Waals surface area contributed by atoms with Crippen LogP contribution in [-0.2, 0) is 39.2 Å². The monoisotopic (exact) mass is 640 g/mol. The van der Waals surface area contributed by atoms with E-state index in [9.17, 15) is 24.9 Å². The first-order valence-electron chi connectivity index (χ1n) is 15.8. The molecular weight excluding hydrogens is 604 g/mol. The molecule has 0 spiro atoms. The Morgan fingerprint density at radius 1 is 1.04 bits per heavy atom. The van der Waals surface area contributed by atoms with Gasteiger partial charge in [-0.1, -0.05) is 91.5 Å². The van der Waals surface area contributed by atoms with Gasteiger partial charge in [-0.25, -0.2) is 4.79 Å². The summed E-state index contributed by atoms with van der Waals surface area (Å²) in [5, 5.41) is 34.7. The number of rotatable bonds is 7. The molecule has 244 valence electrons. The maximum atomic E-state index is 13.8. The Kier molecular flexibility index (Phi) is 6.59. The zero-order chi connectivity index (χ0) is 33.0. The lowest BCUT2D eigenvalue weighted by molar-refractivity contribution is -0.433. The number of carbonyl (C=O) groups is 2. The van der Waals surface area contributed by atoms with Gasteiger partial charge in [0.1, 0.15) is 30.0 Å². The molecule has 47 heavy (non-hydrogen) atoms. The Labute approximate surface area is 271 Å². The Bertz CT molecular complexity index is 1750. The summed E-state index contributed by atoms with van der Waals surface area (Å²) in [6.07, 6.45) is 3.33. The van der Waals surface area contributed by atoms with E-state index in [0.29, 0.717) is 11.1 Å². The summed E-state index contributed by atoms with van der Waals surface area (Å²) in [7, 11) is 0. The number of carbonyl (C=O) groups excluding carboxylic acids is 2. The van der Waals surface area contributed by atoms with Gasteiger partial charge in [-0.05, 0) is 30.6 Å². The minimum atomic E-state index is -2.41. The number of aliphatic hydroxyl groups is 3. The fourth-order valence-electron chi connectivity index (χ4n) is 8.91. The molecule has 2 aromatic carbocycles. The number of fused-ring (bicyclic) bond motifs is 3. The van der Waals surface area contributed by atoms with Gasteiger partial charge in [0.2, 0.25) is 0 Å². The number of ether oxygens (including phenoxy) is 5. The van der Waals surface area contributed by atoms with Gasteiger partial charge in [-0.3, -0.25) is 4.79 Å². The molecule has 3 aliphatic heterocycles. The lowest BCUT2D eigenvalue weighted by Crippen LogP contribution is -2.73. The first kappa shape index (κ1) is 30.6. The second-order valence-corrected chi connectivity index (χ2v) is 13.5. The molecule has 0 amide bonds. The van der Waals surface area contributed by atoms with E-state index in [-0.39, 0.29) is 12.0 Å². The zero-order valence-corrected chi connectivity index (χ0v) is 25.9. The van der Waals surface area contributed by atoms with Crippen LogP contribution >= 0.6 is 0 Å². The lowest BCUT2D eigenvalue weighted by Gasteiger charge is -2.58. The number of esters is 1. The summed E-state index contributed by atoms with van der Waals surface area (Å²) in [5.41, 5.74) is -4.87. The summed E-state index contributed by atoms with van der Waals surface area (Å²) in [4.78, 5) is 27.2. The number of hydrogen-bond acceptors (Lipinski definition) is 10. The first-order valence-corrected chi connectivity index (χ1v) is 15.8. The van der Waals surface area contributed by atoms with Crippen LogP contribution in [0.25, 0.3) is 6.08 Å². The minimum Gasteiger partial charge on any atom is -0.456 e. The Balaban J connectivity index is 1.26. The highest BCUT2D eigenvalue weighted by molar-refractivity contribution is 6.05. The van der Waals surface area contributed by atoms with Gasteiger partial charge in [-0.2, -0.15) is 0 Å².